The predicted octanol–water partition coefficient (Wildman–Crippen LogP) is 4.47. The normalized spacial score (nSPS) is 36.7. The van der Waals surface area contributed by atoms with Crippen LogP contribution in [0.1, 0.15) is 66.2 Å². The van der Waals surface area contributed by atoms with E-state index in [9.17, 15) is 9.90 Å². The minimum absolute atomic E-state index is 0.176. The van der Waals surface area contributed by atoms with Gasteiger partial charge in [0.2, 0.25) is 0 Å². The van der Waals surface area contributed by atoms with Crippen LogP contribution in [0, 0.1) is 5.92 Å². The van der Waals surface area contributed by atoms with E-state index in [1.807, 2.05) is 25.2 Å². The molecule has 0 aromatic carbocycles. The Bertz CT molecular complexity index is 537. The third kappa shape index (κ3) is 4.57. The van der Waals surface area contributed by atoms with Gasteiger partial charge in [0.25, 0.3) is 0 Å². The van der Waals surface area contributed by atoms with Crippen molar-refractivity contribution in [3.8, 4) is 0 Å². The highest BCUT2D eigenvalue weighted by Gasteiger charge is 2.40. The van der Waals surface area contributed by atoms with Crippen molar-refractivity contribution in [1.82, 2.24) is 0 Å². The van der Waals surface area contributed by atoms with Gasteiger partial charge >= 0.3 is 5.97 Å². The Balaban J connectivity index is 2.35. The van der Waals surface area contributed by atoms with Crippen molar-refractivity contribution in [2.45, 2.75) is 77.4 Å². The molecule has 0 spiro atoms. The zero-order valence-corrected chi connectivity index (χ0v) is 14.9. The highest BCUT2D eigenvalue weighted by Crippen LogP contribution is 2.37. The number of esters is 1. The highest BCUT2D eigenvalue weighted by atomic mass is 16.6. The number of rotatable bonds is 1. The zero-order chi connectivity index (χ0) is 17.1. The smallest absolute Gasteiger partial charge is 0.334 e. The minimum Gasteiger partial charge on any atom is -0.451 e. The second-order valence-electron chi connectivity index (χ2n) is 7.55. The molecule has 1 saturated heterocycles. The maximum atomic E-state index is 12.4. The Morgan fingerprint density at radius 1 is 1.13 bits per heavy atom. The fraction of sp³-hybridized carbons (Fsp3) is 0.650. The fourth-order valence-corrected chi connectivity index (χ4v) is 3.21. The lowest BCUT2D eigenvalue weighted by Gasteiger charge is -2.39. The SMILES string of the molecule is C/C1=C\CC[C@](C)(O)/C=C/[C@]2(C(C)C)CCC(=CCC1)C(=O)O2. The number of hydrogen-bond acceptors (Lipinski definition) is 3. The molecule has 0 saturated carbocycles. The van der Waals surface area contributed by atoms with Crippen LogP contribution in [0.25, 0.3) is 0 Å². The number of hydrogen-bond donors (Lipinski definition) is 1. The number of carbonyl (C=O) groups is 1. The van der Waals surface area contributed by atoms with Crippen LogP contribution in [-0.4, -0.2) is 22.3 Å². The lowest BCUT2D eigenvalue weighted by molar-refractivity contribution is -0.159. The molecule has 1 aliphatic carbocycles. The van der Waals surface area contributed by atoms with E-state index >= 15 is 0 Å². The molecule has 2 bridgehead atoms. The molecule has 2 heterocycles. The molecule has 23 heavy (non-hydrogen) atoms. The van der Waals surface area contributed by atoms with E-state index in [4.69, 9.17) is 4.74 Å². The van der Waals surface area contributed by atoms with E-state index in [-0.39, 0.29) is 11.9 Å². The van der Waals surface area contributed by atoms with Crippen LogP contribution in [0.5, 0.6) is 0 Å². The van der Waals surface area contributed by atoms with E-state index in [1.165, 1.54) is 5.57 Å². The summed E-state index contributed by atoms with van der Waals surface area (Å²) in [6.45, 7) is 8.06. The van der Waals surface area contributed by atoms with Crippen LogP contribution in [0.15, 0.2) is 35.5 Å². The second kappa shape index (κ2) is 7.04. The minimum atomic E-state index is -0.884. The Morgan fingerprint density at radius 3 is 2.52 bits per heavy atom. The summed E-state index contributed by atoms with van der Waals surface area (Å²) in [6, 6.07) is 0. The van der Waals surface area contributed by atoms with Crippen LogP contribution in [0.4, 0.5) is 0 Å². The van der Waals surface area contributed by atoms with Crippen molar-refractivity contribution in [2.24, 2.45) is 5.92 Å². The van der Waals surface area contributed by atoms with Crippen molar-refractivity contribution in [3.63, 3.8) is 0 Å². The van der Waals surface area contributed by atoms with Crippen molar-refractivity contribution >= 4 is 5.97 Å². The van der Waals surface area contributed by atoms with Crippen molar-refractivity contribution in [2.75, 3.05) is 0 Å². The zero-order valence-electron chi connectivity index (χ0n) is 14.9. The number of aliphatic hydroxyl groups is 1. The molecule has 2 atom stereocenters. The van der Waals surface area contributed by atoms with Crippen LogP contribution in [0.3, 0.4) is 0 Å². The molecule has 0 radical (unpaired) electrons. The van der Waals surface area contributed by atoms with E-state index in [0.29, 0.717) is 6.42 Å². The molecule has 2 aliphatic heterocycles. The quantitative estimate of drug-likeness (QED) is 0.573. The molecule has 3 nitrogen and oxygen atoms in total. The predicted molar refractivity (Wildman–Crippen MR) is 93.0 cm³/mol. The maximum absolute atomic E-state index is 12.4. The van der Waals surface area contributed by atoms with E-state index in [2.05, 4.69) is 26.8 Å². The Kier molecular flexibility index (Phi) is 5.51. The first-order valence-electron chi connectivity index (χ1n) is 8.75. The molecule has 3 aliphatic rings. The molecular weight excluding hydrogens is 288 g/mol. The summed E-state index contributed by atoms with van der Waals surface area (Å²) in [5.41, 5.74) is 0.616. The number of ether oxygens (including phenoxy) is 1. The van der Waals surface area contributed by atoms with Crippen molar-refractivity contribution in [1.29, 1.82) is 0 Å². The topological polar surface area (TPSA) is 46.5 Å². The van der Waals surface area contributed by atoms with Gasteiger partial charge in [-0.2, -0.15) is 0 Å². The Labute approximate surface area is 140 Å². The summed E-state index contributed by atoms with van der Waals surface area (Å²) in [5.74, 6) is -0.0250. The number of allylic oxidation sites excluding steroid dienone is 3. The Hall–Kier alpha value is -1.35. The average molecular weight is 318 g/mol. The summed E-state index contributed by atoms with van der Waals surface area (Å²) in [7, 11) is 0. The molecule has 128 valence electrons. The molecule has 0 aromatic rings. The molecule has 1 fully saturated rings. The highest BCUT2D eigenvalue weighted by molar-refractivity contribution is 5.89. The standard InChI is InChI=1S/C20H30O3/c1-15(2)20-12-10-17(18(21)23-20)9-5-7-16(3)8-6-11-19(4,22)13-14-20/h8-9,13-15,22H,5-7,10-12H2,1-4H3/b14-13+,16-8+,17-9?/t19-,20-/m0/s1. The third-order valence-electron chi connectivity index (χ3n) is 5.10. The van der Waals surface area contributed by atoms with Gasteiger partial charge < -0.3 is 9.84 Å². The van der Waals surface area contributed by atoms with Gasteiger partial charge in [0.15, 0.2) is 0 Å². The average Bonchev–Trinajstić information content (AvgIpc) is 2.46. The molecule has 0 unspecified atom stereocenters. The first-order chi connectivity index (χ1) is 10.7. The maximum Gasteiger partial charge on any atom is 0.334 e. The van der Waals surface area contributed by atoms with Gasteiger partial charge in [0, 0.05) is 5.57 Å². The summed E-state index contributed by atoms with van der Waals surface area (Å²) in [6.07, 6.45) is 12.8. The van der Waals surface area contributed by atoms with Crippen LogP contribution >= 0.6 is 0 Å². The fourth-order valence-electron chi connectivity index (χ4n) is 3.21. The molecule has 1 N–H and O–H groups in total. The van der Waals surface area contributed by atoms with Crippen molar-refractivity contribution < 1.29 is 14.6 Å². The summed E-state index contributed by atoms with van der Waals surface area (Å²) >= 11 is 0. The molecule has 3 heteroatoms. The van der Waals surface area contributed by atoms with Gasteiger partial charge in [-0.1, -0.05) is 37.6 Å². The first kappa shape index (κ1) is 18.0. The van der Waals surface area contributed by atoms with Gasteiger partial charge in [-0.3, -0.25) is 0 Å². The first-order valence-corrected chi connectivity index (χ1v) is 8.75. The second-order valence-corrected chi connectivity index (χ2v) is 7.55. The molecule has 3 rings (SSSR count). The number of carbonyl (C=O) groups excluding carboxylic acids is 1. The van der Waals surface area contributed by atoms with Gasteiger partial charge in [-0.15, -0.1) is 0 Å². The van der Waals surface area contributed by atoms with Gasteiger partial charge in [0.05, 0.1) is 5.60 Å². The largest absolute Gasteiger partial charge is 0.451 e. The van der Waals surface area contributed by atoms with E-state index < -0.39 is 11.2 Å². The molecule has 0 amide bonds. The van der Waals surface area contributed by atoms with Gasteiger partial charge in [-0.25, -0.2) is 4.79 Å². The summed E-state index contributed by atoms with van der Waals surface area (Å²) in [4.78, 5) is 12.4. The summed E-state index contributed by atoms with van der Waals surface area (Å²) in [5, 5.41) is 10.6. The molecule has 0 aromatic heterocycles. The molecular formula is C20H30O3. The van der Waals surface area contributed by atoms with Crippen LogP contribution < -0.4 is 0 Å². The Morgan fingerprint density at radius 2 is 1.87 bits per heavy atom. The van der Waals surface area contributed by atoms with E-state index in [0.717, 1.165) is 37.7 Å². The monoisotopic (exact) mass is 318 g/mol. The third-order valence-corrected chi connectivity index (χ3v) is 5.10. The lowest BCUT2D eigenvalue weighted by atomic mass is 9.80. The lowest BCUT2D eigenvalue weighted by Crippen LogP contribution is -2.43. The van der Waals surface area contributed by atoms with Gasteiger partial charge in [0.1, 0.15) is 5.60 Å². The van der Waals surface area contributed by atoms with Crippen LogP contribution in [-0.2, 0) is 9.53 Å². The number of fused-ring (bicyclic) bond motifs is 9. The van der Waals surface area contributed by atoms with Crippen molar-refractivity contribution in [3.05, 3.63) is 35.5 Å². The van der Waals surface area contributed by atoms with E-state index in [1.54, 1.807) is 0 Å². The van der Waals surface area contributed by atoms with Gasteiger partial charge in [-0.05, 0) is 64.4 Å². The van der Waals surface area contributed by atoms with Crippen LogP contribution in [0.2, 0.25) is 0 Å². The summed E-state index contributed by atoms with van der Waals surface area (Å²) < 4.78 is 5.84.